The molecular weight excluding hydrogens is 213 g/mol. The van der Waals surface area contributed by atoms with Gasteiger partial charge in [-0.05, 0) is 48.4 Å². The first-order valence-electron chi connectivity index (χ1n) is 6.50. The second-order valence-electron chi connectivity index (χ2n) is 5.72. The minimum atomic E-state index is -0.357. The Morgan fingerprint density at radius 1 is 1.29 bits per heavy atom. The van der Waals surface area contributed by atoms with Crippen LogP contribution in [0.1, 0.15) is 44.2 Å². The number of benzene rings is 1. The first-order valence-corrected chi connectivity index (χ1v) is 6.50. The maximum Gasteiger partial charge on any atom is 0.123 e. The molecule has 0 radical (unpaired) electrons. The number of nitrogens with two attached hydrogens (primary N) is 1. The average Bonchev–Trinajstić information content (AvgIpc) is 2.24. The van der Waals surface area contributed by atoms with Crippen LogP contribution in [0.3, 0.4) is 0 Å². The molecule has 1 saturated carbocycles. The van der Waals surface area contributed by atoms with Gasteiger partial charge in [-0.25, -0.2) is 4.39 Å². The van der Waals surface area contributed by atoms with Crippen molar-refractivity contribution in [3.8, 4) is 0 Å². The standard InChI is InChI=1S/C15H22FN/c1-10-7-13(9-14(16)8-10)15(17)6-4-5-11(2)12(15)3/h7-9,11-12H,4-6,17H2,1-3H3. The molecule has 0 amide bonds. The molecular formula is C15H22FN. The summed E-state index contributed by atoms with van der Waals surface area (Å²) in [7, 11) is 0. The summed E-state index contributed by atoms with van der Waals surface area (Å²) in [5, 5.41) is 0. The van der Waals surface area contributed by atoms with Crippen molar-refractivity contribution in [1.82, 2.24) is 0 Å². The van der Waals surface area contributed by atoms with Gasteiger partial charge in [0.2, 0.25) is 0 Å². The monoisotopic (exact) mass is 235 g/mol. The third kappa shape index (κ3) is 2.23. The van der Waals surface area contributed by atoms with Gasteiger partial charge in [-0.3, -0.25) is 0 Å². The highest BCUT2D eigenvalue weighted by Gasteiger charge is 2.39. The van der Waals surface area contributed by atoms with Gasteiger partial charge in [-0.1, -0.05) is 32.8 Å². The third-order valence-electron chi connectivity index (χ3n) is 4.50. The molecule has 2 N–H and O–H groups in total. The van der Waals surface area contributed by atoms with Crippen LogP contribution in [0, 0.1) is 24.6 Å². The first-order chi connectivity index (χ1) is 7.93. The van der Waals surface area contributed by atoms with E-state index < -0.39 is 0 Å². The number of hydrogen-bond donors (Lipinski definition) is 1. The Bertz CT molecular complexity index is 395. The smallest absolute Gasteiger partial charge is 0.123 e. The molecule has 0 aromatic heterocycles. The number of hydrogen-bond acceptors (Lipinski definition) is 1. The van der Waals surface area contributed by atoms with Crippen molar-refractivity contribution < 1.29 is 4.39 Å². The van der Waals surface area contributed by atoms with Gasteiger partial charge < -0.3 is 5.73 Å². The first kappa shape index (κ1) is 12.6. The summed E-state index contributed by atoms with van der Waals surface area (Å²) >= 11 is 0. The Labute approximate surface area is 103 Å². The molecule has 3 unspecified atom stereocenters. The van der Waals surface area contributed by atoms with Crippen molar-refractivity contribution in [2.24, 2.45) is 17.6 Å². The molecule has 1 aromatic carbocycles. The summed E-state index contributed by atoms with van der Waals surface area (Å²) < 4.78 is 13.5. The minimum absolute atomic E-state index is 0.171. The lowest BCUT2D eigenvalue weighted by Gasteiger charge is -2.43. The van der Waals surface area contributed by atoms with Crippen LogP contribution in [0.4, 0.5) is 4.39 Å². The van der Waals surface area contributed by atoms with E-state index in [9.17, 15) is 4.39 Å². The van der Waals surface area contributed by atoms with Crippen molar-refractivity contribution in [3.63, 3.8) is 0 Å². The third-order valence-corrected chi connectivity index (χ3v) is 4.50. The number of rotatable bonds is 1. The second kappa shape index (κ2) is 4.41. The minimum Gasteiger partial charge on any atom is -0.321 e. The fourth-order valence-electron chi connectivity index (χ4n) is 3.11. The predicted octanol–water partition coefficient (Wildman–Crippen LogP) is 3.74. The zero-order valence-corrected chi connectivity index (χ0v) is 11.0. The Morgan fingerprint density at radius 2 is 2.00 bits per heavy atom. The van der Waals surface area contributed by atoms with Gasteiger partial charge in [-0.2, -0.15) is 0 Å². The SMILES string of the molecule is Cc1cc(F)cc(C2(N)CCCC(C)C2C)c1. The molecule has 3 atom stereocenters. The van der Waals surface area contributed by atoms with E-state index >= 15 is 0 Å². The van der Waals surface area contributed by atoms with Crippen LogP contribution in [-0.4, -0.2) is 0 Å². The van der Waals surface area contributed by atoms with E-state index in [0.717, 1.165) is 24.0 Å². The van der Waals surface area contributed by atoms with Crippen molar-refractivity contribution >= 4 is 0 Å². The lowest BCUT2D eigenvalue weighted by atomic mass is 9.66. The fourth-order valence-corrected chi connectivity index (χ4v) is 3.11. The Hall–Kier alpha value is -0.890. The lowest BCUT2D eigenvalue weighted by Crippen LogP contribution is -2.48. The average molecular weight is 235 g/mol. The Morgan fingerprint density at radius 3 is 2.65 bits per heavy atom. The topological polar surface area (TPSA) is 26.0 Å². The van der Waals surface area contributed by atoms with Crippen LogP contribution in [0.15, 0.2) is 18.2 Å². The van der Waals surface area contributed by atoms with Crippen LogP contribution in [0.25, 0.3) is 0 Å². The molecule has 1 aromatic rings. The van der Waals surface area contributed by atoms with Crippen molar-refractivity contribution in [2.75, 3.05) is 0 Å². The molecule has 1 nitrogen and oxygen atoms in total. The van der Waals surface area contributed by atoms with Crippen LogP contribution in [-0.2, 0) is 5.54 Å². The highest BCUT2D eigenvalue weighted by molar-refractivity contribution is 5.31. The molecule has 0 spiro atoms. The van der Waals surface area contributed by atoms with Gasteiger partial charge in [0.1, 0.15) is 5.82 Å². The van der Waals surface area contributed by atoms with Crippen molar-refractivity contribution in [2.45, 2.75) is 45.6 Å². The normalized spacial score (nSPS) is 33.7. The molecule has 2 heteroatoms. The largest absolute Gasteiger partial charge is 0.321 e. The highest BCUT2D eigenvalue weighted by atomic mass is 19.1. The summed E-state index contributed by atoms with van der Waals surface area (Å²) in [4.78, 5) is 0. The maximum atomic E-state index is 13.5. The van der Waals surface area contributed by atoms with Gasteiger partial charge in [0, 0.05) is 5.54 Å². The van der Waals surface area contributed by atoms with E-state index in [1.165, 1.54) is 6.42 Å². The van der Waals surface area contributed by atoms with Crippen LogP contribution >= 0.6 is 0 Å². The maximum absolute atomic E-state index is 13.5. The molecule has 1 aliphatic carbocycles. The van der Waals surface area contributed by atoms with Gasteiger partial charge in [0.15, 0.2) is 0 Å². The quantitative estimate of drug-likeness (QED) is 0.788. The van der Waals surface area contributed by atoms with Crippen LogP contribution < -0.4 is 5.73 Å². The molecule has 1 fully saturated rings. The molecule has 17 heavy (non-hydrogen) atoms. The molecule has 0 aliphatic heterocycles. The fraction of sp³-hybridized carbons (Fsp3) is 0.600. The van der Waals surface area contributed by atoms with E-state index in [1.807, 2.05) is 13.0 Å². The summed E-state index contributed by atoms with van der Waals surface area (Å²) in [5.41, 5.74) is 8.15. The number of halogens is 1. The molecule has 1 aliphatic rings. The summed E-state index contributed by atoms with van der Waals surface area (Å²) in [5.74, 6) is 0.838. The highest BCUT2D eigenvalue weighted by Crippen LogP contribution is 2.42. The lowest BCUT2D eigenvalue weighted by molar-refractivity contribution is 0.143. The van der Waals surface area contributed by atoms with Gasteiger partial charge in [0.05, 0.1) is 0 Å². The second-order valence-corrected chi connectivity index (χ2v) is 5.72. The molecule has 94 valence electrons. The van der Waals surface area contributed by atoms with Crippen molar-refractivity contribution in [3.05, 3.63) is 35.1 Å². The van der Waals surface area contributed by atoms with Crippen molar-refractivity contribution in [1.29, 1.82) is 0 Å². The van der Waals surface area contributed by atoms with E-state index in [1.54, 1.807) is 12.1 Å². The van der Waals surface area contributed by atoms with Gasteiger partial charge in [-0.15, -0.1) is 0 Å². The Balaban J connectivity index is 2.42. The van der Waals surface area contributed by atoms with Crippen LogP contribution in [0.2, 0.25) is 0 Å². The zero-order valence-electron chi connectivity index (χ0n) is 11.0. The summed E-state index contributed by atoms with van der Waals surface area (Å²) in [6.45, 7) is 6.37. The summed E-state index contributed by atoms with van der Waals surface area (Å²) in [6.07, 6.45) is 3.33. The van der Waals surface area contributed by atoms with Gasteiger partial charge >= 0.3 is 0 Å². The molecule has 2 rings (SSSR count). The van der Waals surface area contributed by atoms with E-state index in [-0.39, 0.29) is 11.4 Å². The van der Waals surface area contributed by atoms with E-state index in [4.69, 9.17) is 5.73 Å². The predicted molar refractivity (Wildman–Crippen MR) is 69.2 cm³/mol. The van der Waals surface area contributed by atoms with Crippen LogP contribution in [0.5, 0.6) is 0 Å². The zero-order chi connectivity index (χ0) is 12.6. The van der Waals surface area contributed by atoms with E-state index in [0.29, 0.717) is 11.8 Å². The molecule has 0 saturated heterocycles. The number of aryl methyl sites for hydroxylation is 1. The summed E-state index contributed by atoms with van der Waals surface area (Å²) in [6, 6.07) is 5.21. The van der Waals surface area contributed by atoms with Gasteiger partial charge in [0.25, 0.3) is 0 Å². The van der Waals surface area contributed by atoms with E-state index in [2.05, 4.69) is 13.8 Å². The molecule has 0 heterocycles. The Kier molecular flexibility index (Phi) is 3.26. The molecule has 0 bridgehead atoms.